The summed E-state index contributed by atoms with van der Waals surface area (Å²) in [5.41, 5.74) is 0.328. The Morgan fingerprint density at radius 2 is 1.52 bits per heavy atom. The molecule has 2 aromatic rings. The summed E-state index contributed by atoms with van der Waals surface area (Å²) >= 11 is 5.75. The minimum atomic E-state index is -0.522. The van der Waals surface area contributed by atoms with E-state index in [0.717, 1.165) is 0 Å². The van der Waals surface area contributed by atoms with Crippen LogP contribution in [0, 0.1) is 20.2 Å². The molecule has 0 saturated carbocycles. The highest BCUT2D eigenvalue weighted by Crippen LogP contribution is 2.30. The molecule has 0 unspecified atom stereocenters. The standard InChI is InChI=1S/C13H9ClN2O5/c14-8-9-7-11(16(19)20)3-6-13(9)21-12-4-1-10(2-5-12)15(17)18/h1-7H,8H2. The second kappa shape index (κ2) is 6.19. The van der Waals surface area contributed by atoms with E-state index in [1.165, 1.54) is 42.5 Å². The van der Waals surface area contributed by atoms with E-state index in [4.69, 9.17) is 16.3 Å². The van der Waals surface area contributed by atoms with Gasteiger partial charge in [-0.2, -0.15) is 0 Å². The Hall–Kier alpha value is -2.67. The average Bonchev–Trinajstić information content (AvgIpc) is 2.48. The third kappa shape index (κ3) is 3.46. The van der Waals surface area contributed by atoms with Crippen molar-refractivity contribution >= 4 is 23.0 Å². The van der Waals surface area contributed by atoms with Crippen molar-refractivity contribution in [1.29, 1.82) is 0 Å². The van der Waals surface area contributed by atoms with Crippen molar-refractivity contribution in [2.45, 2.75) is 5.88 Å². The van der Waals surface area contributed by atoms with Gasteiger partial charge in [0.25, 0.3) is 11.4 Å². The molecule has 2 aromatic carbocycles. The van der Waals surface area contributed by atoms with Gasteiger partial charge in [0.05, 0.1) is 15.7 Å². The zero-order valence-corrected chi connectivity index (χ0v) is 11.3. The molecule has 0 aliphatic heterocycles. The first-order valence-electron chi connectivity index (χ1n) is 5.77. The van der Waals surface area contributed by atoms with Crippen molar-refractivity contribution in [2.24, 2.45) is 0 Å². The number of rotatable bonds is 5. The SMILES string of the molecule is O=[N+]([O-])c1ccc(Oc2ccc([N+](=O)[O-])cc2CCl)cc1. The van der Waals surface area contributed by atoms with Crippen LogP contribution in [0.4, 0.5) is 11.4 Å². The maximum atomic E-state index is 10.7. The summed E-state index contributed by atoms with van der Waals surface area (Å²) in [6.45, 7) is 0. The molecule has 108 valence electrons. The van der Waals surface area contributed by atoms with Gasteiger partial charge < -0.3 is 4.74 Å². The topological polar surface area (TPSA) is 95.5 Å². The number of nitro benzene ring substituents is 2. The minimum absolute atomic E-state index is 0.0456. The minimum Gasteiger partial charge on any atom is -0.457 e. The van der Waals surface area contributed by atoms with Crippen molar-refractivity contribution in [2.75, 3.05) is 0 Å². The predicted octanol–water partition coefficient (Wildman–Crippen LogP) is 4.03. The molecular formula is C13H9ClN2O5. The van der Waals surface area contributed by atoms with Gasteiger partial charge in [-0.3, -0.25) is 20.2 Å². The van der Waals surface area contributed by atoms with E-state index in [0.29, 0.717) is 17.1 Å². The lowest BCUT2D eigenvalue weighted by atomic mass is 10.2. The van der Waals surface area contributed by atoms with E-state index >= 15 is 0 Å². The lowest BCUT2D eigenvalue weighted by molar-refractivity contribution is -0.385. The molecule has 0 heterocycles. The summed E-state index contributed by atoms with van der Waals surface area (Å²) in [6, 6.07) is 9.57. The van der Waals surface area contributed by atoms with Gasteiger partial charge in [0.2, 0.25) is 0 Å². The van der Waals surface area contributed by atoms with Gasteiger partial charge in [0, 0.05) is 29.8 Å². The number of ether oxygens (including phenoxy) is 1. The second-order valence-corrected chi connectivity index (χ2v) is 4.30. The number of benzene rings is 2. The Kier molecular flexibility index (Phi) is 4.34. The highest BCUT2D eigenvalue weighted by atomic mass is 35.5. The Labute approximate surface area is 124 Å². The molecular weight excluding hydrogens is 300 g/mol. The lowest BCUT2D eigenvalue weighted by Crippen LogP contribution is -1.94. The highest BCUT2D eigenvalue weighted by molar-refractivity contribution is 6.17. The van der Waals surface area contributed by atoms with Crippen molar-refractivity contribution < 1.29 is 14.6 Å². The highest BCUT2D eigenvalue weighted by Gasteiger charge is 2.12. The van der Waals surface area contributed by atoms with E-state index in [2.05, 4.69) is 0 Å². The Morgan fingerprint density at radius 1 is 0.952 bits per heavy atom. The monoisotopic (exact) mass is 308 g/mol. The Balaban J connectivity index is 2.26. The van der Waals surface area contributed by atoms with Gasteiger partial charge in [-0.05, 0) is 18.2 Å². The first-order chi connectivity index (χ1) is 10.0. The van der Waals surface area contributed by atoms with Gasteiger partial charge >= 0.3 is 0 Å². The smallest absolute Gasteiger partial charge is 0.270 e. The van der Waals surface area contributed by atoms with Crippen LogP contribution in [0.5, 0.6) is 11.5 Å². The number of nitro groups is 2. The van der Waals surface area contributed by atoms with E-state index in [-0.39, 0.29) is 17.3 Å². The summed E-state index contributed by atoms with van der Waals surface area (Å²) in [5.74, 6) is 0.787. The molecule has 0 N–H and O–H groups in total. The normalized spacial score (nSPS) is 10.1. The van der Waals surface area contributed by atoms with Crippen LogP contribution in [-0.4, -0.2) is 9.85 Å². The molecule has 0 aliphatic carbocycles. The summed E-state index contributed by atoms with van der Waals surface area (Å²) < 4.78 is 5.54. The maximum Gasteiger partial charge on any atom is 0.270 e. The fourth-order valence-electron chi connectivity index (χ4n) is 1.65. The molecule has 0 radical (unpaired) electrons. The van der Waals surface area contributed by atoms with Crippen LogP contribution in [0.25, 0.3) is 0 Å². The number of hydrogen-bond acceptors (Lipinski definition) is 5. The molecule has 0 aromatic heterocycles. The van der Waals surface area contributed by atoms with Gasteiger partial charge in [0.1, 0.15) is 11.5 Å². The molecule has 21 heavy (non-hydrogen) atoms. The van der Waals surface area contributed by atoms with Crippen LogP contribution in [0.15, 0.2) is 42.5 Å². The summed E-state index contributed by atoms with van der Waals surface area (Å²) in [7, 11) is 0. The summed E-state index contributed by atoms with van der Waals surface area (Å²) in [5, 5.41) is 21.3. The summed E-state index contributed by atoms with van der Waals surface area (Å²) in [6.07, 6.45) is 0. The first kappa shape index (κ1) is 14.7. The molecule has 0 spiro atoms. The molecule has 0 atom stereocenters. The third-order valence-corrected chi connectivity index (χ3v) is 2.96. The fourth-order valence-corrected chi connectivity index (χ4v) is 1.86. The van der Waals surface area contributed by atoms with E-state index in [1.807, 2.05) is 0 Å². The number of nitrogens with zero attached hydrogens (tertiary/aromatic N) is 2. The molecule has 7 nitrogen and oxygen atoms in total. The van der Waals surface area contributed by atoms with Crippen molar-refractivity contribution in [3.63, 3.8) is 0 Å². The largest absolute Gasteiger partial charge is 0.457 e. The van der Waals surface area contributed by atoms with Gasteiger partial charge in [-0.1, -0.05) is 0 Å². The number of halogens is 1. The Bertz CT molecular complexity index is 687. The second-order valence-electron chi connectivity index (χ2n) is 4.04. The van der Waals surface area contributed by atoms with Crippen LogP contribution in [-0.2, 0) is 5.88 Å². The maximum absolute atomic E-state index is 10.7. The number of hydrogen-bond donors (Lipinski definition) is 0. The third-order valence-electron chi connectivity index (χ3n) is 2.67. The molecule has 0 fully saturated rings. The van der Waals surface area contributed by atoms with E-state index in [9.17, 15) is 20.2 Å². The molecule has 0 saturated heterocycles. The van der Waals surface area contributed by atoms with Crippen molar-refractivity contribution in [1.82, 2.24) is 0 Å². The van der Waals surface area contributed by atoms with Crippen molar-refractivity contribution in [3.8, 4) is 11.5 Å². The van der Waals surface area contributed by atoms with Crippen LogP contribution in [0.3, 0.4) is 0 Å². The van der Waals surface area contributed by atoms with E-state index < -0.39 is 9.85 Å². The molecule has 2 rings (SSSR count). The van der Waals surface area contributed by atoms with Gasteiger partial charge in [0.15, 0.2) is 0 Å². The molecule has 0 amide bonds. The molecule has 0 aliphatic rings. The summed E-state index contributed by atoms with van der Waals surface area (Å²) in [4.78, 5) is 20.2. The zero-order valence-electron chi connectivity index (χ0n) is 10.6. The van der Waals surface area contributed by atoms with E-state index in [1.54, 1.807) is 0 Å². The van der Waals surface area contributed by atoms with Crippen LogP contribution in [0.2, 0.25) is 0 Å². The zero-order chi connectivity index (χ0) is 15.4. The van der Waals surface area contributed by atoms with Crippen LogP contribution in [0.1, 0.15) is 5.56 Å². The lowest BCUT2D eigenvalue weighted by Gasteiger charge is -2.09. The quantitative estimate of drug-likeness (QED) is 0.472. The first-order valence-corrected chi connectivity index (χ1v) is 6.30. The predicted molar refractivity (Wildman–Crippen MR) is 75.8 cm³/mol. The average molecular weight is 309 g/mol. The molecule has 0 bridgehead atoms. The van der Waals surface area contributed by atoms with Crippen molar-refractivity contribution in [3.05, 3.63) is 68.3 Å². The number of non-ortho nitro benzene ring substituents is 2. The van der Waals surface area contributed by atoms with Crippen LogP contribution < -0.4 is 4.74 Å². The van der Waals surface area contributed by atoms with Crippen LogP contribution >= 0.6 is 11.6 Å². The van der Waals surface area contributed by atoms with Gasteiger partial charge in [-0.25, -0.2) is 0 Å². The number of alkyl halides is 1. The van der Waals surface area contributed by atoms with Gasteiger partial charge in [-0.15, -0.1) is 11.6 Å². The fraction of sp³-hybridized carbons (Fsp3) is 0.0769. The Morgan fingerprint density at radius 3 is 2.05 bits per heavy atom. The molecule has 8 heteroatoms.